The van der Waals surface area contributed by atoms with E-state index in [-0.39, 0.29) is 6.04 Å². The van der Waals surface area contributed by atoms with Gasteiger partial charge >= 0.3 is 6.18 Å². The quantitative estimate of drug-likeness (QED) is 0.892. The van der Waals surface area contributed by atoms with Crippen LogP contribution in [0.3, 0.4) is 0 Å². The average molecular weight is 300 g/mol. The summed E-state index contributed by atoms with van der Waals surface area (Å²) in [7, 11) is 1.80. The molecule has 0 aliphatic carbocycles. The fourth-order valence-corrected chi connectivity index (χ4v) is 2.97. The van der Waals surface area contributed by atoms with Crippen molar-refractivity contribution in [2.45, 2.75) is 32.0 Å². The first-order valence-electron chi connectivity index (χ1n) is 7.50. The molecule has 118 valence electrons. The van der Waals surface area contributed by atoms with Crippen molar-refractivity contribution in [1.29, 1.82) is 0 Å². The number of hydrogen-bond acceptors (Lipinski definition) is 2. The largest absolute Gasteiger partial charge is 0.416 e. The Hall–Kier alpha value is -1.07. The van der Waals surface area contributed by atoms with Gasteiger partial charge in [-0.3, -0.25) is 0 Å². The van der Waals surface area contributed by atoms with Gasteiger partial charge < -0.3 is 10.2 Å². The number of benzene rings is 1. The lowest BCUT2D eigenvalue weighted by Crippen LogP contribution is -2.32. The normalized spacial score (nSPS) is 21.7. The van der Waals surface area contributed by atoms with Crippen LogP contribution in [0.2, 0.25) is 0 Å². The van der Waals surface area contributed by atoms with E-state index in [2.05, 4.69) is 17.1 Å². The first-order valence-corrected chi connectivity index (χ1v) is 7.50. The van der Waals surface area contributed by atoms with Crippen LogP contribution in [0.15, 0.2) is 24.3 Å². The molecule has 2 nitrogen and oxygen atoms in total. The molecule has 1 saturated heterocycles. The van der Waals surface area contributed by atoms with E-state index < -0.39 is 11.7 Å². The van der Waals surface area contributed by atoms with E-state index in [1.165, 1.54) is 25.0 Å². The van der Waals surface area contributed by atoms with Gasteiger partial charge in [0.25, 0.3) is 0 Å². The van der Waals surface area contributed by atoms with E-state index in [0.29, 0.717) is 5.56 Å². The Balaban J connectivity index is 2.07. The number of nitrogens with one attached hydrogen (secondary N) is 1. The van der Waals surface area contributed by atoms with Crippen molar-refractivity contribution in [3.05, 3.63) is 35.4 Å². The van der Waals surface area contributed by atoms with Gasteiger partial charge in [0.05, 0.1) is 5.56 Å². The lowest BCUT2D eigenvalue weighted by Gasteiger charge is -2.24. The van der Waals surface area contributed by atoms with Gasteiger partial charge in [-0.15, -0.1) is 0 Å². The maximum Gasteiger partial charge on any atom is 0.416 e. The third-order valence-corrected chi connectivity index (χ3v) is 4.35. The van der Waals surface area contributed by atoms with Crippen molar-refractivity contribution in [3.8, 4) is 0 Å². The molecule has 0 bridgehead atoms. The van der Waals surface area contributed by atoms with Crippen LogP contribution < -0.4 is 5.32 Å². The highest BCUT2D eigenvalue weighted by atomic mass is 19.4. The minimum Gasteiger partial charge on any atom is -0.312 e. The van der Waals surface area contributed by atoms with Crippen molar-refractivity contribution in [1.82, 2.24) is 10.2 Å². The highest BCUT2D eigenvalue weighted by Gasteiger charge is 2.31. The maximum atomic E-state index is 12.8. The Morgan fingerprint density at radius 1 is 1.38 bits per heavy atom. The van der Waals surface area contributed by atoms with Crippen molar-refractivity contribution in [2.75, 3.05) is 26.7 Å². The third kappa shape index (κ3) is 4.20. The third-order valence-electron chi connectivity index (χ3n) is 4.35. The van der Waals surface area contributed by atoms with Crippen LogP contribution in [0, 0.1) is 5.92 Å². The molecule has 0 saturated carbocycles. The van der Waals surface area contributed by atoms with Gasteiger partial charge in [-0.05, 0) is 43.6 Å². The predicted octanol–water partition coefficient (Wildman–Crippen LogP) is 3.70. The number of alkyl halides is 3. The second kappa shape index (κ2) is 6.79. The van der Waals surface area contributed by atoms with Gasteiger partial charge in [0.15, 0.2) is 0 Å². The highest BCUT2D eigenvalue weighted by Crippen LogP contribution is 2.31. The molecule has 21 heavy (non-hydrogen) atoms. The Bertz CT molecular complexity index is 459. The Morgan fingerprint density at radius 2 is 2.14 bits per heavy atom. The monoisotopic (exact) mass is 300 g/mol. The van der Waals surface area contributed by atoms with Crippen LogP contribution in [-0.4, -0.2) is 31.6 Å². The predicted molar refractivity (Wildman–Crippen MR) is 78.1 cm³/mol. The molecular formula is C16H23F3N2. The molecule has 1 N–H and O–H groups in total. The Kier molecular flexibility index (Phi) is 5.27. The van der Waals surface area contributed by atoms with Crippen molar-refractivity contribution in [3.63, 3.8) is 0 Å². The molecule has 2 unspecified atom stereocenters. The van der Waals surface area contributed by atoms with Crippen LogP contribution >= 0.6 is 0 Å². The number of likely N-dealkylation sites (tertiary alicyclic amines) is 1. The smallest absolute Gasteiger partial charge is 0.312 e. The zero-order chi connectivity index (χ0) is 15.5. The minimum absolute atomic E-state index is 0.0668. The van der Waals surface area contributed by atoms with Crippen LogP contribution in [-0.2, 0) is 6.18 Å². The van der Waals surface area contributed by atoms with Gasteiger partial charge in [0.1, 0.15) is 0 Å². The van der Waals surface area contributed by atoms with Crippen LogP contribution in [0.4, 0.5) is 13.2 Å². The zero-order valence-electron chi connectivity index (χ0n) is 12.6. The van der Waals surface area contributed by atoms with E-state index in [4.69, 9.17) is 0 Å². The lowest BCUT2D eigenvalue weighted by atomic mass is 10.0. The summed E-state index contributed by atoms with van der Waals surface area (Å²) in [4.78, 5) is 2.34. The number of rotatable bonds is 5. The topological polar surface area (TPSA) is 15.3 Å². The number of halogens is 3. The molecule has 0 aromatic heterocycles. The van der Waals surface area contributed by atoms with Gasteiger partial charge in [0, 0.05) is 19.1 Å². The number of nitrogens with zero attached hydrogens (tertiary/aromatic N) is 1. The lowest BCUT2D eigenvalue weighted by molar-refractivity contribution is -0.137. The first-order chi connectivity index (χ1) is 9.94. The maximum absolute atomic E-state index is 12.8. The molecule has 1 heterocycles. The molecule has 2 atom stereocenters. The van der Waals surface area contributed by atoms with E-state index in [9.17, 15) is 13.2 Å². The summed E-state index contributed by atoms with van der Waals surface area (Å²) in [5, 5.41) is 3.15. The van der Waals surface area contributed by atoms with E-state index in [1.807, 2.05) is 0 Å². The molecule has 1 aliphatic rings. The number of likely N-dealkylation sites (N-methyl/N-ethyl adjacent to an activating group) is 1. The van der Waals surface area contributed by atoms with Crippen molar-refractivity contribution >= 4 is 0 Å². The van der Waals surface area contributed by atoms with Crippen molar-refractivity contribution < 1.29 is 13.2 Å². The van der Waals surface area contributed by atoms with E-state index >= 15 is 0 Å². The molecule has 1 fully saturated rings. The molecule has 5 heteroatoms. The second-order valence-corrected chi connectivity index (χ2v) is 5.79. The van der Waals surface area contributed by atoms with E-state index in [0.717, 1.165) is 31.6 Å². The summed E-state index contributed by atoms with van der Waals surface area (Å²) in [5.41, 5.74) is 0.125. The van der Waals surface area contributed by atoms with Gasteiger partial charge in [0.2, 0.25) is 0 Å². The fourth-order valence-electron chi connectivity index (χ4n) is 2.97. The second-order valence-electron chi connectivity index (χ2n) is 5.79. The summed E-state index contributed by atoms with van der Waals surface area (Å²) in [6.45, 7) is 5.04. The molecule has 0 spiro atoms. The summed E-state index contributed by atoms with van der Waals surface area (Å²) in [5.74, 6) is 0.726. The summed E-state index contributed by atoms with van der Waals surface area (Å²) < 4.78 is 38.4. The number of hydrogen-bond donors (Lipinski definition) is 1. The molecule has 0 amide bonds. The molecule has 1 aromatic carbocycles. The summed E-state index contributed by atoms with van der Waals surface area (Å²) in [6, 6.07) is 5.57. The van der Waals surface area contributed by atoms with Crippen LogP contribution in [0.1, 0.15) is 36.9 Å². The molecule has 1 aromatic rings. The minimum atomic E-state index is -4.28. The van der Waals surface area contributed by atoms with Gasteiger partial charge in [-0.1, -0.05) is 25.5 Å². The Labute approximate surface area is 124 Å². The zero-order valence-corrected chi connectivity index (χ0v) is 12.6. The Morgan fingerprint density at radius 3 is 2.71 bits per heavy atom. The van der Waals surface area contributed by atoms with Crippen LogP contribution in [0.25, 0.3) is 0 Å². The van der Waals surface area contributed by atoms with Gasteiger partial charge in [-0.25, -0.2) is 0 Å². The molecule has 1 aliphatic heterocycles. The SMILES string of the molecule is CCC1CCN(CC(NC)c2cccc(C(F)(F)F)c2)C1. The summed E-state index contributed by atoms with van der Waals surface area (Å²) in [6.07, 6.45) is -1.92. The molecular weight excluding hydrogens is 277 g/mol. The highest BCUT2D eigenvalue weighted by molar-refractivity contribution is 5.28. The van der Waals surface area contributed by atoms with Crippen LogP contribution in [0.5, 0.6) is 0 Å². The molecule has 2 rings (SSSR count). The standard InChI is InChI=1S/C16H23F3N2/c1-3-12-7-8-21(10-12)11-15(20-2)13-5-4-6-14(9-13)16(17,18)19/h4-6,9,12,15,20H,3,7-8,10-11H2,1-2H3. The molecule has 0 radical (unpaired) electrons. The fraction of sp³-hybridized carbons (Fsp3) is 0.625. The van der Waals surface area contributed by atoms with Crippen molar-refractivity contribution in [2.24, 2.45) is 5.92 Å². The summed E-state index contributed by atoms with van der Waals surface area (Å²) >= 11 is 0. The van der Waals surface area contributed by atoms with Gasteiger partial charge in [-0.2, -0.15) is 13.2 Å². The first kappa shape index (κ1) is 16.3. The average Bonchev–Trinajstić information content (AvgIpc) is 2.91. The van der Waals surface area contributed by atoms with E-state index in [1.54, 1.807) is 13.1 Å².